The summed E-state index contributed by atoms with van der Waals surface area (Å²) in [6.07, 6.45) is 1.69. The first-order valence-corrected chi connectivity index (χ1v) is 9.62. The predicted molar refractivity (Wildman–Crippen MR) is 122 cm³/mol. The Hall–Kier alpha value is -2.92. The molecule has 0 radical (unpaired) electrons. The Balaban J connectivity index is 2.23. The van der Waals surface area contributed by atoms with Gasteiger partial charge in [-0.3, -0.25) is 5.01 Å². The van der Waals surface area contributed by atoms with Gasteiger partial charge in [-0.25, -0.2) is 9.18 Å². The van der Waals surface area contributed by atoms with E-state index in [1.54, 1.807) is 48.7 Å². The number of carbonyl (C=O) groups excluding carboxylic acids is 1. The van der Waals surface area contributed by atoms with Crippen LogP contribution >= 0.6 is 9.24 Å². The second-order valence-electron chi connectivity index (χ2n) is 6.49. The molecule has 0 aliphatic carbocycles. The third kappa shape index (κ3) is 5.78. The summed E-state index contributed by atoms with van der Waals surface area (Å²) in [5.74, 6) is 0.192. The second kappa shape index (κ2) is 10.0. The molecule has 1 unspecified atom stereocenters. The van der Waals surface area contributed by atoms with E-state index in [0.29, 0.717) is 33.7 Å². The van der Waals surface area contributed by atoms with Gasteiger partial charge in [0.25, 0.3) is 0 Å². The van der Waals surface area contributed by atoms with Crippen molar-refractivity contribution >= 4 is 43.9 Å². The molecule has 2 N–H and O–H groups in total. The Labute approximate surface area is 173 Å². The first-order valence-electron chi connectivity index (χ1n) is 9.05. The lowest BCUT2D eigenvalue weighted by Gasteiger charge is -2.26. The van der Waals surface area contributed by atoms with Crippen LogP contribution in [-0.2, 0) is 0 Å². The number of halogens is 1. The lowest BCUT2D eigenvalue weighted by Crippen LogP contribution is -2.24. The van der Waals surface area contributed by atoms with Crippen molar-refractivity contribution in [1.29, 1.82) is 0 Å². The Morgan fingerprint density at radius 1 is 1.24 bits per heavy atom. The third-order valence-corrected chi connectivity index (χ3v) is 4.50. The molecule has 2 amide bonds. The van der Waals surface area contributed by atoms with Crippen LogP contribution in [0.15, 0.2) is 48.1 Å². The van der Waals surface area contributed by atoms with Gasteiger partial charge < -0.3 is 15.4 Å². The molecule has 0 heterocycles. The van der Waals surface area contributed by atoms with Gasteiger partial charge in [-0.15, -0.1) is 9.24 Å². The van der Waals surface area contributed by atoms with E-state index in [1.807, 2.05) is 20.8 Å². The number of nitrogens with one attached hydrogen (secondary N) is 2. The van der Waals surface area contributed by atoms with Gasteiger partial charge >= 0.3 is 6.03 Å². The molecule has 0 saturated carbocycles. The van der Waals surface area contributed by atoms with Crippen LogP contribution in [0.25, 0.3) is 5.70 Å². The summed E-state index contributed by atoms with van der Waals surface area (Å²) in [5, 5.41) is 11.9. The highest BCUT2D eigenvalue weighted by Crippen LogP contribution is 2.31. The van der Waals surface area contributed by atoms with E-state index in [-0.39, 0.29) is 6.04 Å². The molecule has 0 spiro atoms. The van der Waals surface area contributed by atoms with Crippen LogP contribution in [0.1, 0.15) is 26.3 Å². The van der Waals surface area contributed by atoms with Gasteiger partial charge in [0.05, 0.1) is 12.8 Å². The number of benzene rings is 2. The quantitative estimate of drug-likeness (QED) is 0.392. The molecule has 0 aliphatic rings. The molecular formula is C21H26FN4O2P. The molecule has 0 fully saturated rings. The minimum atomic E-state index is -0.491. The summed E-state index contributed by atoms with van der Waals surface area (Å²) in [7, 11) is 3.86. The average molecular weight is 416 g/mol. The van der Waals surface area contributed by atoms with Gasteiger partial charge in [0.15, 0.2) is 0 Å². The first-order chi connectivity index (χ1) is 13.8. The van der Waals surface area contributed by atoms with E-state index in [1.165, 1.54) is 6.07 Å². The van der Waals surface area contributed by atoms with Crippen molar-refractivity contribution in [2.75, 3.05) is 17.7 Å². The van der Waals surface area contributed by atoms with Crippen molar-refractivity contribution in [1.82, 2.24) is 5.01 Å². The Morgan fingerprint density at radius 2 is 1.86 bits per heavy atom. The number of urea groups is 1. The fourth-order valence-electron chi connectivity index (χ4n) is 2.67. The highest BCUT2D eigenvalue weighted by atomic mass is 31.0. The lowest BCUT2D eigenvalue weighted by atomic mass is 10.1. The standard InChI is InChI=1S/C21H26FN4O2P/c1-6-23-26(13(2)3)14(4)17-11-15(7-9-19(17)28-5)24-21(27)25-16-8-10-20(29)18(22)12-16/h6-13H,4,29H2,1-3,5H3,(H2,24,25,27)/b23-6-. The van der Waals surface area contributed by atoms with Crippen molar-refractivity contribution in [3.8, 4) is 5.75 Å². The van der Waals surface area contributed by atoms with Crippen molar-refractivity contribution in [2.45, 2.75) is 26.8 Å². The van der Waals surface area contributed by atoms with Gasteiger partial charge in [-0.1, -0.05) is 12.6 Å². The van der Waals surface area contributed by atoms with Gasteiger partial charge in [-0.05, 0) is 51.1 Å². The minimum Gasteiger partial charge on any atom is -0.496 e. The molecule has 2 aromatic rings. The number of hydrogen-bond acceptors (Lipinski definition) is 4. The van der Waals surface area contributed by atoms with Crippen LogP contribution < -0.4 is 20.7 Å². The zero-order valence-electron chi connectivity index (χ0n) is 17.0. The molecule has 0 aliphatic heterocycles. The smallest absolute Gasteiger partial charge is 0.323 e. The van der Waals surface area contributed by atoms with Gasteiger partial charge in [0.2, 0.25) is 0 Å². The van der Waals surface area contributed by atoms with Crippen molar-refractivity contribution in [2.24, 2.45) is 5.10 Å². The maximum absolute atomic E-state index is 13.7. The number of carbonyl (C=O) groups is 1. The molecule has 2 aromatic carbocycles. The van der Waals surface area contributed by atoms with Crippen LogP contribution in [0.2, 0.25) is 0 Å². The van der Waals surface area contributed by atoms with Crippen LogP contribution in [0.3, 0.4) is 0 Å². The maximum atomic E-state index is 13.7. The highest BCUT2D eigenvalue weighted by molar-refractivity contribution is 7.27. The molecule has 2 rings (SSSR count). The zero-order chi connectivity index (χ0) is 21.6. The summed E-state index contributed by atoms with van der Waals surface area (Å²) in [6.45, 7) is 9.97. The van der Waals surface area contributed by atoms with Crippen molar-refractivity contribution in [3.63, 3.8) is 0 Å². The topological polar surface area (TPSA) is 66.0 Å². The highest BCUT2D eigenvalue weighted by Gasteiger charge is 2.17. The summed E-state index contributed by atoms with van der Waals surface area (Å²) in [5.41, 5.74) is 2.22. The number of hydrogen-bond donors (Lipinski definition) is 2. The molecule has 154 valence electrons. The number of methoxy groups -OCH3 is 1. The third-order valence-electron chi connectivity index (χ3n) is 4.03. The van der Waals surface area contributed by atoms with E-state index in [4.69, 9.17) is 4.74 Å². The largest absolute Gasteiger partial charge is 0.496 e. The number of rotatable bonds is 7. The normalized spacial score (nSPS) is 10.9. The Kier molecular flexibility index (Phi) is 7.74. The fourth-order valence-corrected chi connectivity index (χ4v) is 2.85. The minimum absolute atomic E-state index is 0.0814. The lowest BCUT2D eigenvalue weighted by molar-refractivity contribution is 0.262. The SMILES string of the molecule is C=C(c1cc(NC(=O)Nc2ccc(P)c(F)c2)ccc1OC)N(/N=C\C)C(C)C. The summed E-state index contributed by atoms with van der Waals surface area (Å²) >= 11 is 0. The molecule has 0 aromatic heterocycles. The molecular weight excluding hydrogens is 390 g/mol. The van der Waals surface area contributed by atoms with E-state index < -0.39 is 11.8 Å². The molecule has 29 heavy (non-hydrogen) atoms. The molecule has 6 nitrogen and oxygen atoms in total. The Morgan fingerprint density at radius 3 is 2.41 bits per heavy atom. The van der Waals surface area contributed by atoms with E-state index in [2.05, 4.69) is 31.6 Å². The van der Waals surface area contributed by atoms with Gasteiger partial charge in [-0.2, -0.15) is 5.10 Å². The number of hydrazone groups is 1. The van der Waals surface area contributed by atoms with Crippen LogP contribution in [-0.4, -0.2) is 30.4 Å². The number of ether oxygens (including phenoxy) is 1. The monoisotopic (exact) mass is 416 g/mol. The van der Waals surface area contributed by atoms with E-state index in [0.717, 1.165) is 0 Å². The molecule has 0 bridgehead atoms. The number of anilines is 2. The van der Waals surface area contributed by atoms with Crippen molar-refractivity contribution < 1.29 is 13.9 Å². The predicted octanol–water partition coefficient (Wildman–Crippen LogP) is 4.67. The first kappa shape index (κ1) is 22.4. The van der Waals surface area contributed by atoms with E-state index >= 15 is 0 Å². The summed E-state index contributed by atoms with van der Waals surface area (Å²) in [6, 6.07) is 9.25. The van der Waals surface area contributed by atoms with Gasteiger partial charge in [0.1, 0.15) is 11.6 Å². The average Bonchev–Trinajstić information content (AvgIpc) is 2.68. The molecule has 8 heteroatoms. The second-order valence-corrected chi connectivity index (χ2v) is 7.11. The number of amides is 2. The maximum Gasteiger partial charge on any atom is 0.323 e. The summed E-state index contributed by atoms with van der Waals surface area (Å²) in [4.78, 5) is 12.3. The van der Waals surface area contributed by atoms with Crippen LogP contribution in [0.5, 0.6) is 5.75 Å². The Bertz CT molecular complexity index is 931. The molecule has 1 atom stereocenters. The summed E-state index contributed by atoms with van der Waals surface area (Å²) < 4.78 is 19.1. The van der Waals surface area contributed by atoms with Crippen molar-refractivity contribution in [3.05, 3.63) is 54.4 Å². The zero-order valence-corrected chi connectivity index (χ0v) is 18.1. The van der Waals surface area contributed by atoms with Crippen LogP contribution in [0.4, 0.5) is 20.6 Å². The number of nitrogens with zero attached hydrogens (tertiary/aromatic N) is 2. The van der Waals surface area contributed by atoms with E-state index in [9.17, 15) is 9.18 Å². The molecule has 0 saturated heterocycles. The van der Waals surface area contributed by atoms with Crippen LogP contribution in [0, 0.1) is 5.82 Å². The van der Waals surface area contributed by atoms with Gasteiger partial charge in [0, 0.05) is 34.5 Å². The fraction of sp³-hybridized carbons (Fsp3) is 0.238.